The standard InChI is InChI=1S/C67H110NO8P/c1-3-5-7-9-11-13-15-17-19-21-23-24-25-26-27-28-29-30-31-32-33-34-35-36-37-38-39-40-42-44-46-48-50-52-54-56-58-60-67(70)76-65(64-75-77(71,72)74-62-61-68)63-73-66(69)59-57-55-53-51-49-47-45-43-41-22-20-18-16-14-12-10-8-6-4-2/h5,7,11-14,17-20,23-24,26-27,29-30,32-33,35-36,38-39,41,43,65H,3-4,6,8-10,15-16,21-22,25,28,31,34,37,40,42,44-64,68H2,1-2H3,(H,71,72)/b7-5-,13-11-,14-12-,19-17-,20-18-,24-23-,27-26-,30-29-,33-32-,36-35-,39-38-,43-41-. The topological polar surface area (TPSA) is 134 Å². The Kier molecular flexibility index (Phi) is 57.8. The highest BCUT2D eigenvalue weighted by atomic mass is 31.2. The van der Waals surface area contributed by atoms with Crippen molar-refractivity contribution in [3.8, 4) is 0 Å². The number of phosphoric ester groups is 1. The second-order valence-corrected chi connectivity index (χ2v) is 20.9. The predicted molar refractivity (Wildman–Crippen MR) is 330 cm³/mol. The summed E-state index contributed by atoms with van der Waals surface area (Å²) in [6.07, 6.45) is 87.6. The van der Waals surface area contributed by atoms with Crippen molar-refractivity contribution in [2.75, 3.05) is 26.4 Å². The molecule has 2 unspecified atom stereocenters. The molecule has 0 aromatic heterocycles. The van der Waals surface area contributed by atoms with E-state index in [0.29, 0.717) is 12.8 Å². The fraction of sp³-hybridized carbons (Fsp3) is 0.612. The first-order valence-electron chi connectivity index (χ1n) is 30.3. The summed E-state index contributed by atoms with van der Waals surface area (Å²) in [4.78, 5) is 35.2. The lowest BCUT2D eigenvalue weighted by Gasteiger charge is -2.19. The first-order valence-corrected chi connectivity index (χ1v) is 31.8. The zero-order valence-corrected chi connectivity index (χ0v) is 49.5. The summed E-state index contributed by atoms with van der Waals surface area (Å²) in [7, 11) is -4.40. The Bertz CT molecular complexity index is 1770. The van der Waals surface area contributed by atoms with Crippen LogP contribution in [0.3, 0.4) is 0 Å². The number of hydrogen-bond acceptors (Lipinski definition) is 8. The minimum atomic E-state index is -4.40. The quantitative estimate of drug-likeness (QED) is 0.0264. The van der Waals surface area contributed by atoms with Crippen molar-refractivity contribution in [1.29, 1.82) is 0 Å². The van der Waals surface area contributed by atoms with Gasteiger partial charge in [0, 0.05) is 19.4 Å². The lowest BCUT2D eigenvalue weighted by Crippen LogP contribution is -2.29. The number of hydrogen-bond donors (Lipinski definition) is 2. The SMILES string of the molecule is CC/C=C\C/C=C\C/C=C\C/C=C\C/C=C\C/C=C\C/C=C\C/C=C\C/C=C\CCCCCCCCCCCC(=O)OC(COC(=O)CCCCCCCC/C=C\C/C=C\C/C=C\CCCCC)COP(=O)(O)OCCN. The summed E-state index contributed by atoms with van der Waals surface area (Å²) >= 11 is 0. The number of carbonyl (C=O) groups is 2. The molecule has 0 aromatic rings. The Morgan fingerprint density at radius 1 is 0.403 bits per heavy atom. The molecule has 0 aliphatic rings. The van der Waals surface area contributed by atoms with Gasteiger partial charge in [0.05, 0.1) is 13.2 Å². The molecule has 0 spiro atoms. The molecule has 0 fully saturated rings. The number of nitrogens with two attached hydrogens (primary N) is 1. The first kappa shape index (κ1) is 72.9. The maximum Gasteiger partial charge on any atom is 0.472 e. The number of allylic oxidation sites excluding steroid dienone is 24. The zero-order chi connectivity index (χ0) is 55.9. The van der Waals surface area contributed by atoms with E-state index in [2.05, 4.69) is 160 Å². The van der Waals surface area contributed by atoms with Gasteiger partial charge in [-0.25, -0.2) is 4.57 Å². The molecule has 0 radical (unpaired) electrons. The van der Waals surface area contributed by atoms with Crippen LogP contribution in [0.5, 0.6) is 0 Å². The fourth-order valence-corrected chi connectivity index (χ4v) is 8.52. The van der Waals surface area contributed by atoms with Crippen molar-refractivity contribution >= 4 is 19.8 Å². The van der Waals surface area contributed by atoms with Gasteiger partial charge in [-0.3, -0.25) is 18.6 Å². The number of esters is 2. The van der Waals surface area contributed by atoms with E-state index in [0.717, 1.165) is 135 Å². The Hall–Kier alpha value is -4.11. The predicted octanol–water partition coefficient (Wildman–Crippen LogP) is 19.5. The molecule has 436 valence electrons. The van der Waals surface area contributed by atoms with Gasteiger partial charge in [-0.05, 0) is 122 Å². The van der Waals surface area contributed by atoms with Gasteiger partial charge in [0.25, 0.3) is 0 Å². The maximum atomic E-state index is 12.7. The largest absolute Gasteiger partial charge is 0.472 e. The van der Waals surface area contributed by atoms with Crippen LogP contribution in [-0.4, -0.2) is 49.3 Å². The molecule has 9 nitrogen and oxygen atoms in total. The zero-order valence-electron chi connectivity index (χ0n) is 48.6. The molecule has 0 saturated carbocycles. The Balaban J connectivity index is 4.02. The molecule has 0 rings (SSSR count). The fourth-order valence-electron chi connectivity index (χ4n) is 7.75. The molecule has 0 aliphatic carbocycles. The van der Waals surface area contributed by atoms with Crippen molar-refractivity contribution in [1.82, 2.24) is 0 Å². The van der Waals surface area contributed by atoms with Crippen molar-refractivity contribution in [2.45, 2.75) is 238 Å². The third-order valence-corrected chi connectivity index (χ3v) is 13.2. The highest BCUT2D eigenvalue weighted by Gasteiger charge is 2.26. The number of phosphoric acid groups is 1. The van der Waals surface area contributed by atoms with Crippen molar-refractivity contribution in [3.63, 3.8) is 0 Å². The van der Waals surface area contributed by atoms with Gasteiger partial charge in [-0.15, -0.1) is 0 Å². The van der Waals surface area contributed by atoms with E-state index in [9.17, 15) is 19.0 Å². The first-order chi connectivity index (χ1) is 37.8. The molecule has 0 saturated heterocycles. The average Bonchev–Trinajstić information content (AvgIpc) is 3.42. The van der Waals surface area contributed by atoms with E-state index in [4.69, 9.17) is 24.3 Å². The molecule has 0 heterocycles. The van der Waals surface area contributed by atoms with Gasteiger partial charge in [-0.1, -0.05) is 243 Å². The van der Waals surface area contributed by atoms with Crippen LogP contribution in [0.25, 0.3) is 0 Å². The monoisotopic (exact) mass is 1090 g/mol. The molecular weight excluding hydrogens is 978 g/mol. The van der Waals surface area contributed by atoms with E-state index >= 15 is 0 Å². The lowest BCUT2D eigenvalue weighted by atomic mass is 10.1. The third-order valence-electron chi connectivity index (χ3n) is 12.2. The van der Waals surface area contributed by atoms with Gasteiger partial charge >= 0.3 is 19.8 Å². The summed E-state index contributed by atoms with van der Waals surface area (Å²) in [6, 6.07) is 0. The number of rotatable bonds is 55. The van der Waals surface area contributed by atoms with Crippen LogP contribution in [0.2, 0.25) is 0 Å². The van der Waals surface area contributed by atoms with E-state index in [-0.39, 0.29) is 32.6 Å². The van der Waals surface area contributed by atoms with Crippen LogP contribution in [-0.2, 0) is 32.7 Å². The summed E-state index contributed by atoms with van der Waals surface area (Å²) in [5.41, 5.74) is 5.38. The molecule has 10 heteroatoms. The van der Waals surface area contributed by atoms with Crippen molar-refractivity contribution in [3.05, 3.63) is 146 Å². The average molecular weight is 1090 g/mol. The molecule has 0 aromatic carbocycles. The minimum Gasteiger partial charge on any atom is -0.462 e. The van der Waals surface area contributed by atoms with Crippen molar-refractivity contribution in [2.24, 2.45) is 5.73 Å². The summed E-state index contributed by atoms with van der Waals surface area (Å²) in [6.45, 7) is 3.56. The molecule has 0 amide bonds. The molecular formula is C67H110NO8P. The third kappa shape index (κ3) is 61.0. The Morgan fingerprint density at radius 2 is 0.714 bits per heavy atom. The van der Waals surface area contributed by atoms with Crippen LogP contribution in [0, 0.1) is 0 Å². The van der Waals surface area contributed by atoms with E-state index < -0.39 is 32.5 Å². The molecule has 2 atom stereocenters. The van der Waals surface area contributed by atoms with Crippen LogP contribution in [0.15, 0.2) is 146 Å². The Morgan fingerprint density at radius 3 is 1.06 bits per heavy atom. The normalized spacial score (nSPS) is 14.1. The maximum absolute atomic E-state index is 12.7. The summed E-state index contributed by atoms with van der Waals surface area (Å²) in [5, 5.41) is 0. The number of carbonyl (C=O) groups excluding carboxylic acids is 2. The van der Waals surface area contributed by atoms with Gasteiger partial charge in [-0.2, -0.15) is 0 Å². The van der Waals surface area contributed by atoms with Gasteiger partial charge in [0.15, 0.2) is 6.10 Å². The summed E-state index contributed by atoms with van der Waals surface area (Å²) in [5.74, 6) is -0.858. The second kappa shape index (κ2) is 61.1. The number of ether oxygens (including phenoxy) is 2. The van der Waals surface area contributed by atoms with E-state index in [1.807, 2.05) is 0 Å². The van der Waals surface area contributed by atoms with E-state index in [1.54, 1.807) is 0 Å². The molecule has 0 aliphatic heterocycles. The highest BCUT2D eigenvalue weighted by Crippen LogP contribution is 2.43. The Labute approximate surface area is 471 Å². The molecule has 3 N–H and O–H groups in total. The van der Waals surface area contributed by atoms with Crippen LogP contribution >= 0.6 is 7.82 Å². The van der Waals surface area contributed by atoms with E-state index in [1.165, 1.54) is 57.8 Å². The van der Waals surface area contributed by atoms with Gasteiger partial charge < -0.3 is 20.1 Å². The summed E-state index contributed by atoms with van der Waals surface area (Å²) < 4.78 is 33.0. The van der Waals surface area contributed by atoms with Gasteiger partial charge in [0.2, 0.25) is 0 Å². The van der Waals surface area contributed by atoms with Gasteiger partial charge in [0.1, 0.15) is 6.61 Å². The smallest absolute Gasteiger partial charge is 0.462 e. The minimum absolute atomic E-state index is 0.0430. The van der Waals surface area contributed by atoms with Crippen molar-refractivity contribution < 1.29 is 37.6 Å². The van der Waals surface area contributed by atoms with Crippen LogP contribution < -0.4 is 5.73 Å². The van der Waals surface area contributed by atoms with Crippen LogP contribution in [0.1, 0.15) is 232 Å². The highest BCUT2D eigenvalue weighted by molar-refractivity contribution is 7.47. The number of unbranched alkanes of at least 4 members (excludes halogenated alkanes) is 18. The molecule has 0 bridgehead atoms. The van der Waals surface area contributed by atoms with Crippen LogP contribution in [0.4, 0.5) is 0 Å². The second-order valence-electron chi connectivity index (χ2n) is 19.5. The molecule has 77 heavy (non-hydrogen) atoms. The lowest BCUT2D eigenvalue weighted by molar-refractivity contribution is -0.161.